The zero-order valence-electron chi connectivity index (χ0n) is 9.04. The summed E-state index contributed by atoms with van der Waals surface area (Å²) in [6.45, 7) is 2.00. The minimum atomic E-state index is -0.510. The van der Waals surface area contributed by atoms with E-state index in [9.17, 15) is 4.79 Å². The van der Waals surface area contributed by atoms with Gasteiger partial charge in [0.15, 0.2) is 0 Å². The topological polar surface area (TPSA) is 39.2 Å². The zero-order valence-corrected chi connectivity index (χ0v) is 10.5. The van der Waals surface area contributed by atoms with E-state index in [1.807, 2.05) is 6.07 Å². The van der Waals surface area contributed by atoms with Gasteiger partial charge in [-0.2, -0.15) is 0 Å². The van der Waals surface area contributed by atoms with E-state index in [1.165, 1.54) is 0 Å². The summed E-state index contributed by atoms with van der Waals surface area (Å²) in [7, 11) is 0. The molecule has 5 heteroatoms. The molecule has 1 aromatic heterocycles. The fourth-order valence-electron chi connectivity index (χ4n) is 1.60. The smallest absolute Gasteiger partial charge is 0.341 e. The minimum Gasteiger partial charge on any atom is -0.462 e. The summed E-state index contributed by atoms with van der Waals surface area (Å²) in [5.74, 6) is -0.510. The molecule has 2 rings (SSSR count). The number of hydrogen-bond donors (Lipinski definition) is 0. The van der Waals surface area contributed by atoms with E-state index in [4.69, 9.17) is 27.9 Å². The van der Waals surface area contributed by atoms with Crippen molar-refractivity contribution in [3.8, 4) is 0 Å². The standard InChI is InChI=1S/C12H9Cl2NO2/c1-2-17-12(16)10-9-7(6-15-11(10)14)4-3-5-8(9)13/h3-6H,2H2,1H3. The van der Waals surface area contributed by atoms with Crippen LogP contribution in [0.15, 0.2) is 24.4 Å². The Morgan fingerprint density at radius 3 is 2.88 bits per heavy atom. The summed E-state index contributed by atoms with van der Waals surface area (Å²) in [5.41, 5.74) is 0.219. The van der Waals surface area contributed by atoms with E-state index in [2.05, 4.69) is 4.98 Å². The molecule has 0 aliphatic rings. The van der Waals surface area contributed by atoms with Crippen LogP contribution in [0, 0.1) is 0 Å². The van der Waals surface area contributed by atoms with Crippen molar-refractivity contribution in [2.45, 2.75) is 6.92 Å². The van der Waals surface area contributed by atoms with Crippen LogP contribution in [0.5, 0.6) is 0 Å². The van der Waals surface area contributed by atoms with Crippen LogP contribution < -0.4 is 0 Å². The molecule has 0 unspecified atom stereocenters. The summed E-state index contributed by atoms with van der Waals surface area (Å²) < 4.78 is 4.95. The van der Waals surface area contributed by atoms with Crippen molar-refractivity contribution in [1.82, 2.24) is 4.98 Å². The quantitative estimate of drug-likeness (QED) is 0.616. The van der Waals surface area contributed by atoms with E-state index in [-0.39, 0.29) is 17.3 Å². The molecule has 0 atom stereocenters. The van der Waals surface area contributed by atoms with Gasteiger partial charge in [-0.1, -0.05) is 35.3 Å². The van der Waals surface area contributed by atoms with E-state index in [0.29, 0.717) is 10.4 Å². The number of rotatable bonds is 2. The molecule has 0 aliphatic carbocycles. The molecule has 0 fully saturated rings. The molecule has 1 aromatic carbocycles. The molecule has 0 radical (unpaired) electrons. The molecule has 0 N–H and O–H groups in total. The first-order chi connectivity index (χ1) is 8.15. The van der Waals surface area contributed by atoms with Crippen LogP contribution >= 0.6 is 23.2 Å². The number of fused-ring (bicyclic) bond motifs is 1. The van der Waals surface area contributed by atoms with Gasteiger partial charge < -0.3 is 4.74 Å². The Morgan fingerprint density at radius 2 is 2.18 bits per heavy atom. The number of halogens is 2. The zero-order chi connectivity index (χ0) is 12.4. The molecule has 3 nitrogen and oxygen atoms in total. The maximum Gasteiger partial charge on any atom is 0.341 e. The van der Waals surface area contributed by atoms with Crippen LogP contribution in [0.3, 0.4) is 0 Å². The monoisotopic (exact) mass is 269 g/mol. The number of nitrogens with zero attached hydrogens (tertiary/aromatic N) is 1. The molecule has 0 spiro atoms. The summed E-state index contributed by atoms with van der Waals surface area (Å²) in [5, 5.41) is 1.89. The van der Waals surface area contributed by atoms with Gasteiger partial charge in [0.2, 0.25) is 0 Å². The normalized spacial score (nSPS) is 10.5. The van der Waals surface area contributed by atoms with E-state index >= 15 is 0 Å². The number of ether oxygens (including phenoxy) is 1. The summed E-state index contributed by atoms with van der Waals surface area (Å²) in [6, 6.07) is 5.30. The van der Waals surface area contributed by atoms with Crippen LogP contribution in [-0.2, 0) is 4.74 Å². The number of aromatic nitrogens is 1. The Bertz CT molecular complexity index is 584. The highest BCUT2D eigenvalue weighted by atomic mass is 35.5. The average Bonchev–Trinajstić information content (AvgIpc) is 2.30. The molecular weight excluding hydrogens is 261 g/mol. The summed E-state index contributed by atoms with van der Waals surface area (Å²) in [4.78, 5) is 15.8. The van der Waals surface area contributed by atoms with Gasteiger partial charge in [0.05, 0.1) is 6.61 Å². The summed E-state index contributed by atoms with van der Waals surface area (Å²) in [6.07, 6.45) is 1.58. The van der Waals surface area contributed by atoms with Crippen LogP contribution in [0.1, 0.15) is 17.3 Å². The van der Waals surface area contributed by atoms with Crippen LogP contribution in [0.2, 0.25) is 10.2 Å². The van der Waals surface area contributed by atoms with Gasteiger partial charge in [0.1, 0.15) is 10.7 Å². The highest BCUT2D eigenvalue weighted by molar-refractivity contribution is 6.39. The number of esters is 1. The highest BCUT2D eigenvalue weighted by Crippen LogP contribution is 2.30. The second kappa shape index (κ2) is 4.90. The second-order valence-corrected chi connectivity index (χ2v) is 4.11. The molecule has 0 saturated carbocycles. The minimum absolute atomic E-state index is 0.101. The Kier molecular flexibility index (Phi) is 3.50. The van der Waals surface area contributed by atoms with E-state index < -0.39 is 5.97 Å². The Labute approximate surface area is 108 Å². The average molecular weight is 270 g/mol. The van der Waals surface area contributed by atoms with Crippen molar-refractivity contribution in [2.75, 3.05) is 6.61 Å². The molecule has 0 amide bonds. The van der Waals surface area contributed by atoms with Gasteiger partial charge in [0, 0.05) is 22.0 Å². The maximum absolute atomic E-state index is 11.8. The molecule has 17 heavy (non-hydrogen) atoms. The Balaban J connectivity index is 2.75. The Hall–Kier alpha value is -1.32. The van der Waals surface area contributed by atoms with Crippen molar-refractivity contribution in [1.29, 1.82) is 0 Å². The lowest BCUT2D eigenvalue weighted by molar-refractivity contribution is 0.0528. The van der Waals surface area contributed by atoms with Gasteiger partial charge in [-0.15, -0.1) is 0 Å². The SMILES string of the molecule is CCOC(=O)c1c(Cl)ncc2cccc(Cl)c12. The largest absolute Gasteiger partial charge is 0.462 e. The predicted molar refractivity (Wildman–Crippen MR) is 67.7 cm³/mol. The van der Waals surface area contributed by atoms with Gasteiger partial charge in [-0.25, -0.2) is 9.78 Å². The number of hydrogen-bond acceptors (Lipinski definition) is 3. The van der Waals surface area contributed by atoms with Crippen molar-refractivity contribution in [3.63, 3.8) is 0 Å². The van der Waals surface area contributed by atoms with Crippen LogP contribution in [-0.4, -0.2) is 17.6 Å². The van der Waals surface area contributed by atoms with Crippen molar-refractivity contribution >= 4 is 39.9 Å². The van der Waals surface area contributed by atoms with Gasteiger partial charge in [-0.05, 0) is 13.0 Å². The lowest BCUT2D eigenvalue weighted by Crippen LogP contribution is -2.07. The molecule has 0 aliphatic heterocycles. The van der Waals surface area contributed by atoms with Crippen molar-refractivity contribution < 1.29 is 9.53 Å². The molecule has 0 saturated heterocycles. The first kappa shape index (κ1) is 12.1. The molecule has 0 bridgehead atoms. The lowest BCUT2D eigenvalue weighted by atomic mass is 10.1. The number of pyridine rings is 1. The molecule has 2 aromatic rings. The first-order valence-corrected chi connectivity index (χ1v) is 5.80. The first-order valence-electron chi connectivity index (χ1n) is 5.05. The summed E-state index contributed by atoms with van der Waals surface area (Å²) >= 11 is 12.0. The molecule has 88 valence electrons. The van der Waals surface area contributed by atoms with Crippen LogP contribution in [0.4, 0.5) is 0 Å². The fraction of sp³-hybridized carbons (Fsp3) is 0.167. The molecular formula is C12H9Cl2NO2. The highest BCUT2D eigenvalue weighted by Gasteiger charge is 2.18. The third kappa shape index (κ3) is 2.21. The van der Waals surface area contributed by atoms with Crippen molar-refractivity contribution in [2.24, 2.45) is 0 Å². The lowest BCUT2D eigenvalue weighted by Gasteiger charge is -2.08. The third-order valence-corrected chi connectivity index (χ3v) is 2.90. The number of carbonyl (C=O) groups excluding carboxylic acids is 1. The van der Waals surface area contributed by atoms with Gasteiger partial charge in [0.25, 0.3) is 0 Å². The predicted octanol–water partition coefficient (Wildman–Crippen LogP) is 3.72. The number of carbonyl (C=O) groups is 1. The number of benzene rings is 1. The van der Waals surface area contributed by atoms with E-state index in [0.717, 1.165) is 5.39 Å². The fourth-order valence-corrected chi connectivity index (χ4v) is 2.09. The molecule has 1 heterocycles. The van der Waals surface area contributed by atoms with Gasteiger partial charge in [-0.3, -0.25) is 0 Å². The second-order valence-electron chi connectivity index (χ2n) is 3.35. The van der Waals surface area contributed by atoms with Crippen molar-refractivity contribution in [3.05, 3.63) is 40.1 Å². The Morgan fingerprint density at radius 1 is 1.41 bits per heavy atom. The maximum atomic E-state index is 11.8. The third-order valence-electron chi connectivity index (χ3n) is 2.30. The van der Waals surface area contributed by atoms with Crippen LogP contribution in [0.25, 0.3) is 10.8 Å². The van der Waals surface area contributed by atoms with Gasteiger partial charge >= 0.3 is 5.97 Å². The van der Waals surface area contributed by atoms with E-state index in [1.54, 1.807) is 25.3 Å².